The molecule has 1 aromatic heterocycles. The topological polar surface area (TPSA) is 56.6 Å². The smallest absolute Gasteiger partial charge is 0.0746 e. The van der Waals surface area contributed by atoms with Gasteiger partial charge in [0, 0.05) is 31.2 Å². The van der Waals surface area contributed by atoms with Gasteiger partial charge in [0.1, 0.15) is 0 Å². The third-order valence-corrected chi connectivity index (χ3v) is 2.94. The van der Waals surface area contributed by atoms with E-state index >= 15 is 0 Å². The van der Waals surface area contributed by atoms with E-state index in [0.29, 0.717) is 19.6 Å². The maximum absolute atomic E-state index is 9.02. The van der Waals surface area contributed by atoms with Crippen LogP contribution in [0.5, 0.6) is 0 Å². The van der Waals surface area contributed by atoms with E-state index in [1.165, 1.54) is 0 Å². The van der Waals surface area contributed by atoms with Crippen molar-refractivity contribution in [2.75, 3.05) is 26.3 Å². The van der Waals surface area contributed by atoms with Crippen molar-refractivity contribution in [1.29, 1.82) is 0 Å². The molecule has 1 aromatic carbocycles. The van der Waals surface area contributed by atoms with Gasteiger partial charge in [0.25, 0.3) is 0 Å². The van der Waals surface area contributed by atoms with E-state index in [0.717, 1.165) is 16.5 Å². The van der Waals surface area contributed by atoms with Crippen LogP contribution in [0, 0.1) is 0 Å². The van der Waals surface area contributed by atoms with Gasteiger partial charge in [-0.3, -0.25) is 9.88 Å². The lowest BCUT2D eigenvalue weighted by molar-refractivity contribution is 0.156. The van der Waals surface area contributed by atoms with Crippen molar-refractivity contribution in [3.8, 4) is 0 Å². The molecule has 0 unspecified atom stereocenters. The zero-order chi connectivity index (χ0) is 12.8. The van der Waals surface area contributed by atoms with E-state index in [1.807, 2.05) is 35.2 Å². The molecule has 2 aromatic rings. The van der Waals surface area contributed by atoms with Crippen molar-refractivity contribution >= 4 is 10.9 Å². The summed E-state index contributed by atoms with van der Waals surface area (Å²) in [6.45, 7) is 2.00. The van der Waals surface area contributed by atoms with E-state index < -0.39 is 0 Å². The third kappa shape index (κ3) is 3.04. The summed E-state index contributed by atoms with van der Waals surface area (Å²) in [6, 6.07) is 10.0. The maximum atomic E-state index is 9.02. The monoisotopic (exact) mass is 246 g/mol. The molecule has 0 spiro atoms. The minimum atomic E-state index is 0.0954. The summed E-state index contributed by atoms with van der Waals surface area (Å²) in [6.07, 6.45) is 1.79. The van der Waals surface area contributed by atoms with Crippen molar-refractivity contribution in [2.24, 2.45) is 0 Å². The Morgan fingerprint density at radius 2 is 1.72 bits per heavy atom. The molecular weight excluding hydrogens is 228 g/mol. The minimum absolute atomic E-state index is 0.0954. The van der Waals surface area contributed by atoms with Gasteiger partial charge in [0.2, 0.25) is 0 Å². The molecular formula is C14H18N2O2. The number of hydrogen-bond acceptors (Lipinski definition) is 4. The number of pyridine rings is 1. The highest BCUT2D eigenvalue weighted by Crippen LogP contribution is 2.17. The lowest BCUT2D eigenvalue weighted by Gasteiger charge is -2.20. The van der Waals surface area contributed by atoms with E-state index in [1.54, 1.807) is 6.20 Å². The first-order chi connectivity index (χ1) is 8.85. The average Bonchev–Trinajstić information content (AvgIpc) is 2.40. The first-order valence-corrected chi connectivity index (χ1v) is 6.12. The van der Waals surface area contributed by atoms with Gasteiger partial charge in [-0.1, -0.05) is 24.3 Å². The van der Waals surface area contributed by atoms with Crippen LogP contribution in [0.4, 0.5) is 0 Å². The van der Waals surface area contributed by atoms with Crippen molar-refractivity contribution in [3.63, 3.8) is 0 Å². The van der Waals surface area contributed by atoms with Gasteiger partial charge < -0.3 is 10.2 Å². The van der Waals surface area contributed by atoms with E-state index in [9.17, 15) is 0 Å². The van der Waals surface area contributed by atoms with Crippen LogP contribution in [-0.4, -0.2) is 46.4 Å². The van der Waals surface area contributed by atoms with Crippen LogP contribution < -0.4 is 0 Å². The highest BCUT2D eigenvalue weighted by molar-refractivity contribution is 5.81. The number of aliphatic hydroxyl groups is 2. The number of aliphatic hydroxyl groups excluding tert-OH is 2. The zero-order valence-corrected chi connectivity index (χ0v) is 10.3. The lowest BCUT2D eigenvalue weighted by atomic mass is 10.1. The molecule has 18 heavy (non-hydrogen) atoms. The van der Waals surface area contributed by atoms with Gasteiger partial charge in [-0.25, -0.2) is 0 Å². The molecule has 0 fully saturated rings. The number of para-hydroxylation sites is 1. The summed E-state index contributed by atoms with van der Waals surface area (Å²) in [5, 5.41) is 19.1. The molecule has 96 valence electrons. The number of rotatable bonds is 6. The Bertz CT molecular complexity index is 491. The average molecular weight is 246 g/mol. The lowest BCUT2D eigenvalue weighted by Crippen LogP contribution is -2.29. The zero-order valence-electron chi connectivity index (χ0n) is 10.3. The Morgan fingerprint density at radius 3 is 2.44 bits per heavy atom. The second-order valence-corrected chi connectivity index (χ2v) is 4.22. The highest BCUT2D eigenvalue weighted by atomic mass is 16.3. The van der Waals surface area contributed by atoms with Gasteiger partial charge in [-0.2, -0.15) is 0 Å². The van der Waals surface area contributed by atoms with E-state index in [-0.39, 0.29) is 13.2 Å². The fourth-order valence-electron chi connectivity index (χ4n) is 2.09. The third-order valence-electron chi connectivity index (χ3n) is 2.94. The quantitative estimate of drug-likeness (QED) is 0.799. The molecule has 1 heterocycles. The fourth-order valence-corrected chi connectivity index (χ4v) is 2.09. The molecule has 4 nitrogen and oxygen atoms in total. The van der Waals surface area contributed by atoms with Crippen LogP contribution in [-0.2, 0) is 6.54 Å². The first kappa shape index (κ1) is 13.0. The molecule has 0 saturated carbocycles. The summed E-state index contributed by atoms with van der Waals surface area (Å²) in [7, 11) is 0. The molecule has 0 bridgehead atoms. The van der Waals surface area contributed by atoms with Crippen LogP contribution in [0.1, 0.15) is 5.56 Å². The number of aromatic nitrogens is 1. The fraction of sp³-hybridized carbons (Fsp3) is 0.357. The first-order valence-electron chi connectivity index (χ1n) is 6.12. The molecule has 0 aliphatic rings. The molecule has 2 N–H and O–H groups in total. The Balaban J connectivity index is 2.24. The SMILES string of the molecule is OCCN(CCO)Cc1cccc2cccnc12. The van der Waals surface area contributed by atoms with Gasteiger partial charge in [-0.15, -0.1) is 0 Å². The summed E-state index contributed by atoms with van der Waals surface area (Å²) in [4.78, 5) is 6.42. The van der Waals surface area contributed by atoms with Crippen LogP contribution in [0.3, 0.4) is 0 Å². The van der Waals surface area contributed by atoms with Gasteiger partial charge >= 0.3 is 0 Å². The molecule has 0 aliphatic heterocycles. The second kappa shape index (κ2) is 6.44. The maximum Gasteiger partial charge on any atom is 0.0746 e. The van der Waals surface area contributed by atoms with Gasteiger partial charge in [0.15, 0.2) is 0 Å². The number of hydrogen-bond donors (Lipinski definition) is 2. The molecule has 2 rings (SSSR count). The number of benzene rings is 1. The van der Waals surface area contributed by atoms with Crippen LogP contribution in [0.25, 0.3) is 10.9 Å². The Hall–Kier alpha value is -1.49. The Kier molecular flexibility index (Phi) is 4.64. The standard InChI is InChI=1S/C14H18N2O2/c17-9-7-16(8-10-18)11-13-4-1-3-12-5-2-6-15-14(12)13/h1-6,17-18H,7-11H2. The Labute approximate surface area is 107 Å². The van der Waals surface area contributed by atoms with E-state index in [4.69, 9.17) is 10.2 Å². The van der Waals surface area contributed by atoms with Crippen molar-refractivity contribution < 1.29 is 10.2 Å². The minimum Gasteiger partial charge on any atom is -0.395 e. The van der Waals surface area contributed by atoms with Crippen molar-refractivity contribution in [1.82, 2.24) is 9.88 Å². The highest BCUT2D eigenvalue weighted by Gasteiger charge is 2.08. The predicted molar refractivity (Wildman–Crippen MR) is 71.2 cm³/mol. The van der Waals surface area contributed by atoms with Crippen molar-refractivity contribution in [2.45, 2.75) is 6.54 Å². The number of nitrogens with zero attached hydrogens (tertiary/aromatic N) is 2. The largest absolute Gasteiger partial charge is 0.395 e. The normalized spacial score (nSPS) is 11.3. The summed E-state index contributed by atoms with van der Waals surface area (Å²) >= 11 is 0. The molecule has 0 radical (unpaired) electrons. The Morgan fingerprint density at radius 1 is 1.00 bits per heavy atom. The second-order valence-electron chi connectivity index (χ2n) is 4.22. The summed E-state index contributed by atoms with van der Waals surface area (Å²) in [5.74, 6) is 0. The molecule has 0 saturated heterocycles. The van der Waals surface area contributed by atoms with Gasteiger partial charge in [-0.05, 0) is 11.6 Å². The van der Waals surface area contributed by atoms with Crippen LogP contribution >= 0.6 is 0 Å². The predicted octanol–water partition coefficient (Wildman–Crippen LogP) is 1.02. The molecule has 0 amide bonds. The van der Waals surface area contributed by atoms with E-state index in [2.05, 4.69) is 4.98 Å². The van der Waals surface area contributed by atoms with Gasteiger partial charge in [0.05, 0.1) is 18.7 Å². The summed E-state index contributed by atoms with van der Waals surface area (Å²) < 4.78 is 0. The van der Waals surface area contributed by atoms with Crippen LogP contribution in [0.2, 0.25) is 0 Å². The summed E-state index contributed by atoms with van der Waals surface area (Å²) in [5.41, 5.74) is 2.11. The number of fused-ring (bicyclic) bond motifs is 1. The van der Waals surface area contributed by atoms with Crippen LogP contribution in [0.15, 0.2) is 36.5 Å². The molecule has 0 atom stereocenters. The molecule has 4 heteroatoms. The molecule has 0 aliphatic carbocycles. The van der Waals surface area contributed by atoms with Crippen molar-refractivity contribution in [3.05, 3.63) is 42.1 Å².